The maximum absolute atomic E-state index is 13.6. The quantitative estimate of drug-likeness (QED) is 0.283. The Morgan fingerprint density at radius 2 is 1.43 bits per heavy atom. The number of hydrogen-bond acceptors (Lipinski definition) is 6. The van der Waals surface area contributed by atoms with Crippen molar-refractivity contribution in [3.63, 3.8) is 0 Å². The minimum Gasteiger partial charge on any atom is -0.338 e. The molecule has 1 saturated heterocycles. The number of piperazine rings is 1. The molecule has 1 aliphatic rings. The topological polar surface area (TPSA) is 131 Å². The summed E-state index contributed by atoms with van der Waals surface area (Å²) in [4.78, 5) is 30.8. The molecular formula is C32H50N6O2. The lowest BCUT2D eigenvalue weighted by Gasteiger charge is -2.43. The van der Waals surface area contributed by atoms with Crippen LogP contribution in [0.1, 0.15) is 52.6 Å². The highest BCUT2D eigenvalue weighted by Crippen LogP contribution is 2.20. The first-order chi connectivity index (χ1) is 19.1. The molecule has 8 heteroatoms. The van der Waals surface area contributed by atoms with Crippen LogP contribution in [0.4, 0.5) is 0 Å². The van der Waals surface area contributed by atoms with Gasteiger partial charge in [0.1, 0.15) is 0 Å². The highest BCUT2D eigenvalue weighted by Gasteiger charge is 2.35. The number of rotatable bonds is 13. The van der Waals surface area contributed by atoms with Gasteiger partial charge in [-0.15, -0.1) is 0 Å². The van der Waals surface area contributed by atoms with Gasteiger partial charge >= 0.3 is 0 Å². The van der Waals surface area contributed by atoms with Crippen LogP contribution < -0.4 is 22.5 Å². The second kappa shape index (κ2) is 15.3. The molecule has 0 saturated carbocycles. The Morgan fingerprint density at radius 1 is 0.850 bits per heavy atom. The summed E-state index contributed by atoms with van der Waals surface area (Å²) in [6, 6.07) is 11.2. The molecule has 0 bridgehead atoms. The Balaban J connectivity index is 1.67. The smallest absolute Gasteiger partial charge is 0.240 e. The Hall–Kier alpha value is -2.78. The summed E-state index contributed by atoms with van der Waals surface area (Å²) in [5.74, 6) is -0.0980. The van der Waals surface area contributed by atoms with Crippen LogP contribution in [0.3, 0.4) is 0 Å². The Bertz CT molecular complexity index is 1140. The molecule has 3 rings (SSSR count). The Morgan fingerprint density at radius 3 is 1.98 bits per heavy atom. The summed E-state index contributed by atoms with van der Waals surface area (Å²) in [6.45, 7) is 12.0. The number of nitrogens with zero attached hydrogens (tertiary/aromatic N) is 2. The largest absolute Gasteiger partial charge is 0.338 e. The summed E-state index contributed by atoms with van der Waals surface area (Å²) < 4.78 is 0. The van der Waals surface area contributed by atoms with Crippen molar-refractivity contribution in [2.45, 2.75) is 77.9 Å². The average molecular weight is 551 g/mol. The maximum atomic E-state index is 13.6. The molecule has 7 N–H and O–H groups in total. The fourth-order valence-corrected chi connectivity index (χ4v) is 5.70. The zero-order valence-electron chi connectivity index (χ0n) is 24.9. The lowest BCUT2D eigenvalue weighted by atomic mass is 9.96. The molecule has 1 aliphatic heterocycles. The third-order valence-corrected chi connectivity index (χ3v) is 8.05. The number of nitrogens with two attached hydrogens (primary N) is 3. The van der Waals surface area contributed by atoms with Crippen molar-refractivity contribution in [2.24, 2.45) is 17.2 Å². The molecular weight excluding hydrogens is 500 g/mol. The van der Waals surface area contributed by atoms with Gasteiger partial charge in [-0.1, -0.05) is 53.9 Å². The number of carbonyl (C=O) groups excluding carboxylic acids is 2. The van der Waals surface area contributed by atoms with Gasteiger partial charge in [0.15, 0.2) is 0 Å². The van der Waals surface area contributed by atoms with E-state index >= 15 is 0 Å². The molecule has 2 aromatic carbocycles. The van der Waals surface area contributed by atoms with Gasteiger partial charge in [-0.25, -0.2) is 0 Å². The summed E-state index contributed by atoms with van der Waals surface area (Å²) in [6.07, 6.45) is 3.73. The third kappa shape index (κ3) is 8.86. The molecule has 2 amide bonds. The molecule has 0 radical (unpaired) electrons. The van der Waals surface area contributed by atoms with Crippen LogP contribution >= 0.6 is 0 Å². The lowest BCUT2D eigenvalue weighted by Crippen LogP contribution is -2.61. The van der Waals surface area contributed by atoms with E-state index in [1.54, 1.807) is 0 Å². The maximum Gasteiger partial charge on any atom is 0.240 e. The molecule has 3 atom stereocenters. The molecule has 1 fully saturated rings. The van der Waals surface area contributed by atoms with Gasteiger partial charge < -0.3 is 32.3 Å². The minimum absolute atomic E-state index is 0.0436. The molecule has 2 aromatic rings. The second-order valence-corrected chi connectivity index (χ2v) is 11.5. The molecule has 40 heavy (non-hydrogen) atoms. The van der Waals surface area contributed by atoms with E-state index in [4.69, 9.17) is 17.2 Å². The molecule has 8 nitrogen and oxygen atoms in total. The van der Waals surface area contributed by atoms with Crippen molar-refractivity contribution in [3.8, 4) is 0 Å². The molecule has 0 aromatic heterocycles. The van der Waals surface area contributed by atoms with E-state index in [9.17, 15) is 9.59 Å². The van der Waals surface area contributed by atoms with Gasteiger partial charge in [-0.3, -0.25) is 9.59 Å². The van der Waals surface area contributed by atoms with Gasteiger partial charge in [-0.2, -0.15) is 0 Å². The van der Waals surface area contributed by atoms with E-state index in [1.165, 1.54) is 11.1 Å². The van der Waals surface area contributed by atoms with Crippen LogP contribution in [0, 0.1) is 27.7 Å². The predicted molar refractivity (Wildman–Crippen MR) is 163 cm³/mol. The van der Waals surface area contributed by atoms with Crippen molar-refractivity contribution in [3.05, 3.63) is 69.8 Å². The van der Waals surface area contributed by atoms with Crippen molar-refractivity contribution >= 4 is 11.8 Å². The van der Waals surface area contributed by atoms with Gasteiger partial charge in [0.25, 0.3) is 0 Å². The van der Waals surface area contributed by atoms with Gasteiger partial charge in [0.05, 0.1) is 12.1 Å². The van der Waals surface area contributed by atoms with E-state index < -0.39 is 12.1 Å². The molecule has 0 aliphatic carbocycles. The second-order valence-electron chi connectivity index (χ2n) is 11.5. The molecule has 0 spiro atoms. The number of amides is 2. The SMILES string of the molecule is Cc1ccc(CC(N)C(=O)N2CCN(C(=O)C(N)Cc3ccc(C)cc3C)C(CCCCNCCN)C2)c(C)c1. The van der Waals surface area contributed by atoms with Gasteiger partial charge in [0, 0.05) is 38.8 Å². The number of nitrogens with one attached hydrogen (secondary N) is 1. The highest BCUT2D eigenvalue weighted by molar-refractivity contribution is 5.84. The van der Waals surface area contributed by atoms with Crippen LogP contribution in [-0.2, 0) is 22.4 Å². The standard InChI is InChI=1S/C32H50N6O2/c1-22-8-10-26(24(3)17-22)19-29(34)31(39)37-15-16-38(28(21-37)7-5-6-13-36-14-12-33)32(40)30(35)20-27-11-9-23(2)18-25(27)4/h8-11,17-18,28-30,36H,5-7,12-16,19-21,33-35H2,1-4H3. The number of benzene rings is 2. The lowest BCUT2D eigenvalue weighted by molar-refractivity contribution is -0.144. The zero-order valence-corrected chi connectivity index (χ0v) is 24.9. The fourth-order valence-electron chi connectivity index (χ4n) is 5.70. The molecule has 3 unspecified atom stereocenters. The predicted octanol–water partition coefficient (Wildman–Crippen LogP) is 2.12. The number of unbranched alkanes of at least 4 members (excludes halogenated alkanes) is 1. The monoisotopic (exact) mass is 550 g/mol. The van der Waals surface area contributed by atoms with Crippen molar-refractivity contribution in [1.29, 1.82) is 0 Å². The number of hydrogen-bond donors (Lipinski definition) is 4. The molecule has 1 heterocycles. The fraction of sp³-hybridized carbons (Fsp3) is 0.562. The first-order valence-corrected chi connectivity index (χ1v) is 14.7. The number of carbonyl (C=O) groups is 2. The first kappa shape index (κ1) is 31.7. The van der Waals surface area contributed by atoms with Crippen LogP contribution in [0.15, 0.2) is 36.4 Å². The van der Waals surface area contributed by atoms with E-state index in [-0.39, 0.29) is 17.9 Å². The normalized spacial score (nSPS) is 17.1. The van der Waals surface area contributed by atoms with Gasteiger partial charge in [0.2, 0.25) is 11.8 Å². The summed E-state index contributed by atoms with van der Waals surface area (Å²) in [5, 5.41) is 3.33. The van der Waals surface area contributed by atoms with Crippen molar-refractivity contribution in [1.82, 2.24) is 15.1 Å². The van der Waals surface area contributed by atoms with E-state index in [0.29, 0.717) is 39.0 Å². The van der Waals surface area contributed by atoms with E-state index in [0.717, 1.165) is 54.6 Å². The Kier molecular flexibility index (Phi) is 12.1. The molecule has 220 valence electrons. The number of aryl methyl sites for hydroxylation is 4. The highest BCUT2D eigenvalue weighted by atomic mass is 16.2. The minimum atomic E-state index is -0.621. The summed E-state index contributed by atoms with van der Waals surface area (Å²) in [7, 11) is 0. The van der Waals surface area contributed by atoms with Crippen LogP contribution in [0.5, 0.6) is 0 Å². The van der Waals surface area contributed by atoms with Crippen molar-refractivity contribution in [2.75, 3.05) is 39.3 Å². The van der Waals surface area contributed by atoms with E-state index in [1.807, 2.05) is 9.80 Å². The van der Waals surface area contributed by atoms with Crippen LogP contribution in [0.25, 0.3) is 0 Å². The summed E-state index contributed by atoms with van der Waals surface area (Å²) >= 11 is 0. The first-order valence-electron chi connectivity index (χ1n) is 14.7. The summed E-state index contributed by atoms with van der Waals surface area (Å²) in [5.41, 5.74) is 25.4. The van der Waals surface area contributed by atoms with Gasteiger partial charge in [-0.05, 0) is 82.2 Å². The van der Waals surface area contributed by atoms with Crippen LogP contribution in [0.2, 0.25) is 0 Å². The van der Waals surface area contributed by atoms with E-state index in [2.05, 4.69) is 69.4 Å². The van der Waals surface area contributed by atoms with Crippen molar-refractivity contribution < 1.29 is 9.59 Å². The average Bonchev–Trinajstić information content (AvgIpc) is 2.92. The Labute approximate surface area is 240 Å². The van der Waals surface area contributed by atoms with Crippen LogP contribution in [-0.4, -0.2) is 79.0 Å². The zero-order chi connectivity index (χ0) is 29.2. The third-order valence-electron chi connectivity index (χ3n) is 8.05.